The second-order valence-electron chi connectivity index (χ2n) is 4.39. The van der Waals surface area contributed by atoms with Gasteiger partial charge >= 0.3 is 5.69 Å². The van der Waals surface area contributed by atoms with E-state index in [0.717, 1.165) is 4.57 Å². The van der Waals surface area contributed by atoms with Crippen molar-refractivity contribution in [3.05, 3.63) is 61.1 Å². The molecule has 0 aliphatic heterocycles. The third-order valence-electron chi connectivity index (χ3n) is 2.92. The highest BCUT2D eigenvalue weighted by Gasteiger charge is 2.07. The van der Waals surface area contributed by atoms with E-state index in [0.29, 0.717) is 15.7 Å². The van der Waals surface area contributed by atoms with E-state index in [1.807, 2.05) is 0 Å². The van der Waals surface area contributed by atoms with E-state index in [-0.39, 0.29) is 23.6 Å². The maximum Gasteiger partial charge on any atom is 0.330 e. The van der Waals surface area contributed by atoms with Gasteiger partial charge in [0.25, 0.3) is 5.56 Å². The van der Waals surface area contributed by atoms with Crippen molar-refractivity contribution < 1.29 is 4.39 Å². The summed E-state index contributed by atoms with van der Waals surface area (Å²) < 4.78 is 16.1. The minimum absolute atomic E-state index is 0.210. The van der Waals surface area contributed by atoms with Gasteiger partial charge in [0.05, 0.1) is 10.0 Å². The topological polar surface area (TPSA) is 56.0 Å². The number of rotatable bonds is 3. The Bertz CT molecular complexity index is 767. The van der Waals surface area contributed by atoms with Crippen molar-refractivity contribution in [1.29, 1.82) is 0 Å². The van der Waals surface area contributed by atoms with Crippen LogP contribution in [-0.2, 0) is 20.6 Å². The monoisotopic (exact) mass is 341 g/mol. The fourth-order valence-corrected chi connectivity index (χ4v) is 2.05. The highest BCUT2D eigenvalue weighted by molar-refractivity contribution is 9.10. The third-order valence-corrected chi connectivity index (χ3v) is 3.56. The summed E-state index contributed by atoms with van der Waals surface area (Å²) in [5, 5.41) is 2.95. The number of hydrogen-bond acceptors (Lipinski definition) is 3. The fraction of sp³-hybridized carbons (Fsp3) is 0.231. The predicted molar refractivity (Wildman–Crippen MR) is 78.4 cm³/mol. The highest BCUT2D eigenvalue weighted by Crippen LogP contribution is 2.19. The zero-order valence-corrected chi connectivity index (χ0v) is 12.6. The van der Waals surface area contributed by atoms with Crippen LogP contribution in [0.15, 0.2) is 38.5 Å². The molecule has 0 saturated heterocycles. The molecular formula is C13H13BrFN3O2. The van der Waals surface area contributed by atoms with Gasteiger partial charge in [-0.15, -0.1) is 0 Å². The minimum Gasteiger partial charge on any atom is -0.381 e. The van der Waals surface area contributed by atoms with E-state index >= 15 is 0 Å². The summed E-state index contributed by atoms with van der Waals surface area (Å²) in [5.74, 6) is -0.386. The number of nitrogens with zero attached hydrogens (tertiary/aromatic N) is 2. The summed E-state index contributed by atoms with van der Waals surface area (Å²) in [4.78, 5) is 23.5. The molecule has 0 radical (unpaired) electrons. The molecule has 0 bridgehead atoms. The zero-order chi connectivity index (χ0) is 14.9. The lowest BCUT2D eigenvalue weighted by molar-refractivity contribution is 0.621. The molecule has 5 nitrogen and oxygen atoms in total. The number of nitrogens with one attached hydrogen (secondary N) is 1. The van der Waals surface area contributed by atoms with E-state index in [9.17, 15) is 14.0 Å². The zero-order valence-electron chi connectivity index (χ0n) is 11.0. The number of halogens is 2. The van der Waals surface area contributed by atoms with Crippen molar-refractivity contribution >= 4 is 21.6 Å². The number of aromatic nitrogens is 2. The molecule has 1 heterocycles. The molecule has 2 aromatic rings. The predicted octanol–water partition coefficient (Wildman–Crippen LogP) is 1.60. The molecule has 1 N–H and O–H groups in total. The molecule has 2 rings (SSSR count). The first-order valence-electron chi connectivity index (χ1n) is 5.84. The first-order chi connectivity index (χ1) is 9.40. The summed E-state index contributed by atoms with van der Waals surface area (Å²) >= 11 is 3.07. The van der Waals surface area contributed by atoms with Gasteiger partial charge in [-0.1, -0.05) is 0 Å². The van der Waals surface area contributed by atoms with Gasteiger partial charge in [0.15, 0.2) is 0 Å². The Labute approximate surface area is 122 Å². The van der Waals surface area contributed by atoms with Crippen LogP contribution in [0.25, 0.3) is 0 Å². The molecule has 106 valence electrons. The fourth-order valence-electron chi connectivity index (χ4n) is 1.81. The van der Waals surface area contributed by atoms with Crippen LogP contribution in [0.5, 0.6) is 0 Å². The van der Waals surface area contributed by atoms with E-state index in [1.165, 1.54) is 23.9 Å². The Morgan fingerprint density at radius 3 is 2.65 bits per heavy atom. The number of hydrogen-bond donors (Lipinski definition) is 1. The molecule has 0 atom stereocenters. The Kier molecular flexibility index (Phi) is 4.08. The second-order valence-corrected chi connectivity index (χ2v) is 5.25. The summed E-state index contributed by atoms with van der Waals surface area (Å²) in [5.41, 5.74) is 0.242. The summed E-state index contributed by atoms with van der Waals surface area (Å²) in [6.45, 7) is 0.210. The van der Waals surface area contributed by atoms with Gasteiger partial charge in [0, 0.05) is 32.5 Å². The van der Waals surface area contributed by atoms with Gasteiger partial charge in [-0.3, -0.25) is 9.36 Å². The van der Waals surface area contributed by atoms with E-state index in [2.05, 4.69) is 21.2 Å². The largest absolute Gasteiger partial charge is 0.381 e. The van der Waals surface area contributed by atoms with Crippen LogP contribution in [0.4, 0.5) is 10.1 Å². The molecular weight excluding hydrogens is 329 g/mol. The molecule has 1 aromatic carbocycles. The van der Waals surface area contributed by atoms with Crippen molar-refractivity contribution in [3.8, 4) is 0 Å². The van der Waals surface area contributed by atoms with Gasteiger partial charge in [-0.05, 0) is 34.1 Å². The first-order valence-corrected chi connectivity index (χ1v) is 6.64. The van der Waals surface area contributed by atoms with E-state index < -0.39 is 0 Å². The van der Waals surface area contributed by atoms with Crippen LogP contribution in [0.1, 0.15) is 5.56 Å². The van der Waals surface area contributed by atoms with Crippen LogP contribution in [0.2, 0.25) is 0 Å². The summed E-state index contributed by atoms with van der Waals surface area (Å²) in [6.07, 6.45) is 1.48. The van der Waals surface area contributed by atoms with Gasteiger partial charge in [-0.25, -0.2) is 9.18 Å². The normalized spacial score (nSPS) is 10.6. The summed E-state index contributed by atoms with van der Waals surface area (Å²) in [7, 11) is 3.00. The molecule has 1 aromatic heterocycles. The van der Waals surface area contributed by atoms with Crippen molar-refractivity contribution in [3.63, 3.8) is 0 Å². The van der Waals surface area contributed by atoms with E-state index in [4.69, 9.17) is 0 Å². The minimum atomic E-state index is -0.386. The molecule has 0 fully saturated rings. The van der Waals surface area contributed by atoms with Crippen molar-refractivity contribution in [2.24, 2.45) is 14.1 Å². The maximum atomic E-state index is 13.4. The van der Waals surface area contributed by atoms with Crippen LogP contribution in [-0.4, -0.2) is 9.13 Å². The molecule has 0 spiro atoms. The second kappa shape index (κ2) is 5.62. The van der Waals surface area contributed by atoms with Crippen LogP contribution >= 0.6 is 15.9 Å². The molecule has 0 amide bonds. The lowest BCUT2D eigenvalue weighted by Gasteiger charge is -2.09. The number of anilines is 1. The maximum absolute atomic E-state index is 13.4. The van der Waals surface area contributed by atoms with Gasteiger partial charge in [-0.2, -0.15) is 0 Å². The summed E-state index contributed by atoms with van der Waals surface area (Å²) in [6, 6.07) is 4.60. The lowest BCUT2D eigenvalue weighted by atomic mass is 10.2. The van der Waals surface area contributed by atoms with Crippen LogP contribution < -0.4 is 16.6 Å². The molecule has 0 saturated carbocycles. The Balaban J connectivity index is 2.25. The molecule has 0 unspecified atom stereocenters. The average molecular weight is 342 g/mol. The smallest absolute Gasteiger partial charge is 0.330 e. The van der Waals surface area contributed by atoms with Crippen LogP contribution in [0.3, 0.4) is 0 Å². The standard InChI is InChI=1S/C13H13BrFN3O2/c1-17-7-8(12(19)18(2)13(17)20)6-16-9-3-4-10(14)11(15)5-9/h3-5,7,16H,6H2,1-2H3. The Morgan fingerprint density at radius 2 is 2.00 bits per heavy atom. The Morgan fingerprint density at radius 1 is 1.30 bits per heavy atom. The van der Waals surface area contributed by atoms with Crippen molar-refractivity contribution in [1.82, 2.24) is 9.13 Å². The number of aryl methyl sites for hydroxylation is 1. The Hall–Kier alpha value is -1.89. The quantitative estimate of drug-likeness (QED) is 0.922. The average Bonchev–Trinajstić information content (AvgIpc) is 2.42. The van der Waals surface area contributed by atoms with Gasteiger partial charge in [0.2, 0.25) is 0 Å². The van der Waals surface area contributed by atoms with Gasteiger partial charge < -0.3 is 9.88 Å². The van der Waals surface area contributed by atoms with E-state index in [1.54, 1.807) is 19.2 Å². The molecule has 0 aliphatic rings. The lowest BCUT2D eigenvalue weighted by Crippen LogP contribution is -2.38. The van der Waals surface area contributed by atoms with Crippen molar-refractivity contribution in [2.45, 2.75) is 6.54 Å². The molecule has 7 heteroatoms. The first kappa shape index (κ1) is 14.5. The van der Waals surface area contributed by atoms with Crippen molar-refractivity contribution in [2.75, 3.05) is 5.32 Å². The van der Waals surface area contributed by atoms with Gasteiger partial charge in [0.1, 0.15) is 5.82 Å². The third kappa shape index (κ3) is 2.82. The SMILES string of the molecule is Cn1cc(CNc2ccc(Br)c(F)c2)c(=O)n(C)c1=O. The highest BCUT2D eigenvalue weighted by atomic mass is 79.9. The van der Waals surface area contributed by atoms with Crippen LogP contribution in [0, 0.1) is 5.82 Å². The molecule has 0 aliphatic carbocycles. The molecule has 20 heavy (non-hydrogen) atoms. The number of benzene rings is 1.